The van der Waals surface area contributed by atoms with Gasteiger partial charge in [0.2, 0.25) is 0 Å². The molecule has 1 heterocycles. The van der Waals surface area contributed by atoms with Crippen LogP contribution in [-0.4, -0.2) is 47.8 Å². The summed E-state index contributed by atoms with van der Waals surface area (Å²) in [5, 5.41) is 8.15. The predicted octanol–water partition coefficient (Wildman–Crippen LogP) is 4.20. The lowest BCUT2D eigenvalue weighted by Gasteiger charge is -2.14. The second kappa shape index (κ2) is 9.01. The summed E-state index contributed by atoms with van der Waals surface area (Å²) in [5.74, 6) is -1.16. The van der Waals surface area contributed by atoms with E-state index in [1.807, 2.05) is 23.7 Å². The summed E-state index contributed by atoms with van der Waals surface area (Å²) in [4.78, 5) is 15.0. The highest BCUT2D eigenvalue weighted by Gasteiger charge is 2.24. The van der Waals surface area contributed by atoms with Crippen LogP contribution in [0.15, 0.2) is 36.5 Å². The summed E-state index contributed by atoms with van der Waals surface area (Å²) in [7, 11) is 3.94. The van der Waals surface area contributed by atoms with Gasteiger partial charge in [-0.25, -0.2) is 8.78 Å². The second-order valence-corrected chi connectivity index (χ2v) is 8.27. The maximum absolute atomic E-state index is 14.2. The van der Waals surface area contributed by atoms with Gasteiger partial charge in [-0.2, -0.15) is 5.10 Å². The molecule has 4 rings (SSSR count). The Labute approximate surface area is 179 Å². The van der Waals surface area contributed by atoms with Crippen LogP contribution in [0.5, 0.6) is 11.5 Å². The van der Waals surface area contributed by atoms with E-state index in [1.54, 1.807) is 18.3 Å². The highest BCUT2D eigenvalue weighted by atomic mass is 19.1. The van der Waals surface area contributed by atoms with Gasteiger partial charge >= 0.3 is 0 Å². The van der Waals surface area contributed by atoms with E-state index in [0.717, 1.165) is 42.5 Å². The Balaban J connectivity index is 1.64. The molecule has 0 radical (unpaired) electrons. The van der Waals surface area contributed by atoms with Gasteiger partial charge in [-0.1, -0.05) is 0 Å². The van der Waals surface area contributed by atoms with E-state index >= 15 is 0 Å². The number of carbonyl (C=O) groups is 1. The molecule has 1 aliphatic rings. The lowest BCUT2D eigenvalue weighted by molar-refractivity contribution is 0.0950. The Morgan fingerprint density at radius 1 is 1.23 bits per heavy atom. The van der Waals surface area contributed by atoms with Crippen molar-refractivity contribution in [2.24, 2.45) is 5.92 Å². The minimum Gasteiger partial charge on any atom is -0.453 e. The monoisotopic (exact) mass is 428 g/mol. The SMILES string of the molecule is CN(C)CCCNC(=O)c1cc2c(cnn2CC2CC2)cc1Oc1ccc(F)cc1F. The van der Waals surface area contributed by atoms with Crippen molar-refractivity contribution in [3.05, 3.63) is 53.7 Å². The molecule has 1 aliphatic carbocycles. The largest absolute Gasteiger partial charge is 0.453 e. The molecule has 1 aromatic heterocycles. The lowest BCUT2D eigenvalue weighted by atomic mass is 10.1. The summed E-state index contributed by atoms with van der Waals surface area (Å²) in [6.07, 6.45) is 4.88. The topological polar surface area (TPSA) is 59.4 Å². The molecule has 0 saturated heterocycles. The van der Waals surface area contributed by atoms with Crippen molar-refractivity contribution in [1.82, 2.24) is 20.0 Å². The van der Waals surface area contributed by atoms with Crippen molar-refractivity contribution < 1.29 is 18.3 Å². The van der Waals surface area contributed by atoms with Gasteiger partial charge in [-0.05, 0) is 70.1 Å². The van der Waals surface area contributed by atoms with E-state index < -0.39 is 11.6 Å². The van der Waals surface area contributed by atoms with Crippen LogP contribution in [0.4, 0.5) is 8.78 Å². The normalized spacial score (nSPS) is 13.7. The van der Waals surface area contributed by atoms with Crippen LogP contribution >= 0.6 is 0 Å². The molecule has 3 aromatic rings. The summed E-state index contributed by atoms with van der Waals surface area (Å²) in [6.45, 7) is 2.15. The molecule has 0 bridgehead atoms. The van der Waals surface area contributed by atoms with Gasteiger partial charge in [-0.15, -0.1) is 0 Å². The van der Waals surface area contributed by atoms with Crippen LogP contribution in [-0.2, 0) is 6.54 Å². The fourth-order valence-electron chi connectivity index (χ4n) is 3.43. The van der Waals surface area contributed by atoms with E-state index in [0.29, 0.717) is 18.0 Å². The number of fused-ring (bicyclic) bond motifs is 1. The van der Waals surface area contributed by atoms with Crippen molar-refractivity contribution in [2.75, 3.05) is 27.2 Å². The third-order valence-electron chi connectivity index (χ3n) is 5.30. The van der Waals surface area contributed by atoms with Crippen LogP contribution in [0.2, 0.25) is 0 Å². The quantitative estimate of drug-likeness (QED) is 0.519. The number of benzene rings is 2. The molecule has 2 aromatic carbocycles. The van der Waals surface area contributed by atoms with Gasteiger partial charge < -0.3 is 15.0 Å². The molecule has 1 N–H and O–H groups in total. The summed E-state index contributed by atoms with van der Waals surface area (Å²) < 4.78 is 35.1. The Kier molecular flexibility index (Phi) is 6.18. The van der Waals surface area contributed by atoms with Gasteiger partial charge in [0.15, 0.2) is 11.6 Å². The zero-order chi connectivity index (χ0) is 22.0. The van der Waals surface area contributed by atoms with Crippen molar-refractivity contribution in [3.8, 4) is 11.5 Å². The van der Waals surface area contributed by atoms with Gasteiger partial charge in [0.05, 0.1) is 17.3 Å². The molecule has 8 heteroatoms. The van der Waals surface area contributed by atoms with Crippen LogP contribution in [0.1, 0.15) is 29.6 Å². The van der Waals surface area contributed by atoms with E-state index in [1.165, 1.54) is 18.9 Å². The second-order valence-electron chi connectivity index (χ2n) is 8.27. The molecule has 0 aliphatic heterocycles. The van der Waals surface area contributed by atoms with Crippen molar-refractivity contribution in [2.45, 2.75) is 25.8 Å². The molecule has 164 valence electrons. The molecule has 0 spiro atoms. The van der Waals surface area contributed by atoms with Gasteiger partial charge in [0, 0.05) is 24.5 Å². The lowest BCUT2D eigenvalue weighted by Crippen LogP contribution is -2.27. The Bertz CT molecular complexity index is 1090. The van der Waals surface area contributed by atoms with Crippen molar-refractivity contribution in [3.63, 3.8) is 0 Å². The van der Waals surface area contributed by atoms with Crippen LogP contribution in [0, 0.1) is 17.6 Å². The number of halogens is 2. The Hall–Kier alpha value is -3.00. The standard InChI is InChI=1S/C23H26F2N4O2/c1-28(2)9-3-8-26-23(30)18-12-20-16(13-27-29(20)14-15-4-5-15)10-22(18)31-21-7-6-17(24)11-19(21)25/h6-7,10-13,15H,3-5,8-9,14H2,1-2H3,(H,26,30). The van der Waals surface area contributed by atoms with Crippen molar-refractivity contribution >= 4 is 16.8 Å². The molecule has 1 saturated carbocycles. The number of nitrogens with zero attached hydrogens (tertiary/aromatic N) is 3. The first-order chi connectivity index (χ1) is 14.9. The highest BCUT2D eigenvalue weighted by Crippen LogP contribution is 2.34. The third kappa shape index (κ3) is 5.19. The van der Waals surface area contributed by atoms with Crippen molar-refractivity contribution in [1.29, 1.82) is 0 Å². The Morgan fingerprint density at radius 3 is 2.74 bits per heavy atom. The fraction of sp³-hybridized carbons (Fsp3) is 0.391. The number of carbonyl (C=O) groups excluding carboxylic acids is 1. The predicted molar refractivity (Wildman–Crippen MR) is 114 cm³/mol. The molecule has 1 amide bonds. The van der Waals surface area contributed by atoms with E-state index in [4.69, 9.17) is 4.74 Å². The zero-order valence-electron chi connectivity index (χ0n) is 17.7. The number of rotatable bonds is 9. The van der Waals surface area contributed by atoms with Gasteiger partial charge in [0.25, 0.3) is 5.91 Å². The first-order valence-electron chi connectivity index (χ1n) is 10.5. The minimum atomic E-state index is -0.832. The molecule has 31 heavy (non-hydrogen) atoms. The molecule has 6 nitrogen and oxygen atoms in total. The average molecular weight is 428 g/mol. The van der Waals surface area contributed by atoms with E-state index in [-0.39, 0.29) is 17.4 Å². The summed E-state index contributed by atoms with van der Waals surface area (Å²) in [5.41, 5.74) is 1.12. The first kappa shape index (κ1) is 21.2. The minimum absolute atomic E-state index is 0.146. The molecule has 0 atom stereocenters. The Morgan fingerprint density at radius 2 is 2.03 bits per heavy atom. The third-order valence-corrected chi connectivity index (χ3v) is 5.30. The van der Waals surface area contributed by atoms with E-state index in [2.05, 4.69) is 10.4 Å². The number of ether oxygens (including phenoxy) is 1. The molecule has 0 unspecified atom stereocenters. The smallest absolute Gasteiger partial charge is 0.255 e. The summed E-state index contributed by atoms with van der Waals surface area (Å²) in [6, 6.07) is 6.50. The molecule has 1 fully saturated rings. The zero-order valence-corrected chi connectivity index (χ0v) is 17.7. The van der Waals surface area contributed by atoms with E-state index in [9.17, 15) is 13.6 Å². The number of hydrogen-bond acceptors (Lipinski definition) is 4. The van der Waals surface area contributed by atoms with Crippen LogP contribution < -0.4 is 10.1 Å². The van der Waals surface area contributed by atoms with Crippen LogP contribution in [0.3, 0.4) is 0 Å². The fourth-order valence-corrected chi connectivity index (χ4v) is 3.43. The van der Waals surface area contributed by atoms with Gasteiger partial charge in [0.1, 0.15) is 11.6 Å². The maximum atomic E-state index is 14.2. The number of amides is 1. The summed E-state index contributed by atoms with van der Waals surface area (Å²) >= 11 is 0. The highest BCUT2D eigenvalue weighted by molar-refractivity contribution is 6.01. The van der Waals surface area contributed by atoms with Crippen LogP contribution in [0.25, 0.3) is 10.9 Å². The van der Waals surface area contributed by atoms with Gasteiger partial charge in [-0.3, -0.25) is 9.48 Å². The number of aromatic nitrogens is 2. The average Bonchev–Trinajstić information content (AvgIpc) is 3.46. The molecular weight excluding hydrogens is 402 g/mol. The number of hydrogen-bond donors (Lipinski definition) is 1. The number of nitrogens with one attached hydrogen (secondary N) is 1. The maximum Gasteiger partial charge on any atom is 0.255 e. The molecular formula is C23H26F2N4O2. The first-order valence-corrected chi connectivity index (χ1v) is 10.5.